The molecule has 2 N–H and O–H groups in total. The first-order valence-electron chi connectivity index (χ1n) is 7.56. The van der Waals surface area contributed by atoms with Gasteiger partial charge in [0.1, 0.15) is 11.5 Å². The van der Waals surface area contributed by atoms with Crippen LogP contribution in [-0.4, -0.2) is 34.3 Å². The molecule has 0 fully saturated rings. The molecule has 0 unspecified atom stereocenters. The Kier molecular flexibility index (Phi) is 5.89. The number of amides is 2. The minimum absolute atomic E-state index is 0.272. The van der Waals surface area contributed by atoms with Crippen molar-refractivity contribution in [3.05, 3.63) is 48.0 Å². The van der Waals surface area contributed by atoms with Crippen LogP contribution in [0.5, 0.6) is 11.5 Å². The number of benzene rings is 2. The highest BCUT2D eigenvalue weighted by atomic mass is 16.5. The monoisotopic (exact) mass is 329 g/mol. The van der Waals surface area contributed by atoms with Crippen molar-refractivity contribution in [2.75, 3.05) is 38.5 Å². The van der Waals surface area contributed by atoms with Gasteiger partial charge in [0.15, 0.2) is 0 Å². The van der Waals surface area contributed by atoms with E-state index in [2.05, 4.69) is 10.6 Å². The number of methoxy groups -OCH3 is 2. The standard InChI is InChI=1S/C18H23N3O3/c1-21(2)17-8-6-5-7-16(17)20-18(22)19-12-13-9-14(23-3)11-15(10-13)24-4/h5-11H,12H2,1-4H3,(H2,19,20,22). The van der Waals surface area contributed by atoms with E-state index in [9.17, 15) is 4.79 Å². The van der Waals surface area contributed by atoms with Gasteiger partial charge in [-0.25, -0.2) is 4.79 Å². The van der Waals surface area contributed by atoms with Crippen molar-refractivity contribution >= 4 is 17.4 Å². The molecule has 24 heavy (non-hydrogen) atoms. The maximum Gasteiger partial charge on any atom is 0.319 e. The topological polar surface area (TPSA) is 62.8 Å². The van der Waals surface area contributed by atoms with Crippen molar-refractivity contribution in [1.82, 2.24) is 5.32 Å². The second-order valence-electron chi connectivity index (χ2n) is 5.44. The molecular weight excluding hydrogens is 306 g/mol. The summed E-state index contributed by atoms with van der Waals surface area (Å²) >= 11 is 0. The molecule has 0 spiro atoms. The van der Waals surface area contributed by atoms with Gasteiger partial charge in [0.25, 0.3) is 0 Å². The molecule has 0 saturated heterocycles. The molecule has 0 heterocycles. The number of rotatable bonds is 6. The van der Waals surface area contributed by atoms with Gasteiger partial charge in [-0.3, -0.25) is 0 Å². The summed E-state index contributed by atoms with van der Waals surface area (Å²) in [6.45, 7) is 0.365. The molecule has 2 rings (SSSR count). The van der Waals surface area contributed by atoms with Crippen molar-refractivity contribution in [3.63, 3.8) is 0 Å². The fraction of sp³-hybridized carbons (Fsp3) is 0.278. The Morgan fingerprint density at radius 2 is 1.67 bits per heavy atom. The zero-order chi connectivity index (χ0) is 17.5. The molecule has 0 aliphatic rings. The van der Waals surface area contributed by atoms with Gasteiger partial charge in [0, 0.05) is 26.7 Å². The van der Waals surface area contributed by atoms with Crippen LogP contribution in [-0.2, 0) is 6.54 Å². The maximum atomic E-state index is 12.2. The zero-order valence-electron chi connectivity index (χ0n) is 14.4. The molecular formula is C18H23N3O3. The summed E-state index contributed by atoms with van der Waals surface area (Å²) in [6.07, 6.45) is 0. The Labute approximate surface area is 142 Å². The summed E-state index contributed by atoms with van der Waals surface area (Å²) in [6, 6.07) is 12.9. The van der Waals surface area contributed by atoms with E-state index in [0.717, 1.165) is 16.9 Å². The van der Waals surface area contributed by atoms with Crippen LogP contribution in [0.2, 0.25) is 0 Å². The van der Waals surface area contributed by atoms with E-state index >= 15 is 0 Å². The van der Waals surface area contributed by atoms with E-state index in [0.29, 0.717) is 18.0 Å². The second-order valence-corrected chi connectivity index (χ2v) is 5.44. The van der Waals surface area contributed by atoms with Crippen molar-refractivity contribution < 1.29 is 14.3 Å². The number of carbonyl (C=O) groups is 1. The van der Waals surface area contributed by atoms with Crippen molar-refractivity contribution in [2.24, 2.45) is 0 Å². The van der Waals surface area contributed by atoms with Crippen LogP contribution in [0.15, 0.2) is 42.5 Å². The lowest BCUT2D eigenvalue weighted by Crippen LogP contribution is -2.29. The average molecular weight is 329 g/mol. The first-order valence-corrected chi connectivity index (χ1v) is 7.56. The Morgan fingerprint density at radius 1 is 1.04 bits per heavy atom. The summed E-state index contributed by atoms with van der Waals surface area (Å²) in [5.41, 5.74) is 2.58. The number of urea groups is 1. The van der Waals surface area contributed by atoms with Gasteiger partial charge in [-0.1, -0.05) is 12.1 Å². The van der Waals surface area contributed by atoms with Crippen LogP contribution in [0.25, 0.3) is 0 Å². The number of carbonyl (C=O) groups excluding carboxylic acids is 1. The lowest BCUT2D eigenvalue weighted by atomic mass is 10.2. The highest BCUT2D eigenvalue weighted by Gasteiger charge is 2.08. The van der Waals surface area contributed by atoms with Crippen LogP contribution < -0.4 is 25.0 Å². The Morgan fingerprint density at radius 3 is 2.25 bits per heavy atom. The quantitative estimate of drug-likeness (QED) is 0.855. The van der Waals surface area contributed by atoms with Gasteiger partial charge in [-0.2, -0.15) is 0 Å². The lowest BCUT2D eigenvalue weighted by molar-refractivity contribution is 0.251. The molecule has 0 aliphatic carbocycles. The molecule has 128 valence electrons. The fourth-order valence-corrected chi connectivity index (χ4v) is 2.29. The van der Waals surface area contributed by atoms with Crippen LogP contribution >= 0.6 is 0 Å². The van der Waals surface area contributed by atoms with E-state index in [4.69, 9.17) is 9.47 Å². The molecule has 0 aromatic heterocycles. The Bertz CT molecular complexity index is 679. The molecule has 6 nitrogen and oxygen atoms in total. The number of para-hydroxylation sites is 2. The summed E-state index contributed by atoms with van der Waals surface area (Å²) in [7, 11) is 7.05. The van der Waals surface area contributed by atoms with Crippen LogP contribution in [0.3, 0.4) is 0 Å². The second kappa shape index (κ2) is 8.10. The highest BCUT2D eigenvalue weighted by Crippen LogP contribution is 2.24. The summed E-state index contributed by atoms with van der Waals surface area (Å²) in [5.74, 6) is 1.37. The average Bonchev–Trinajstić information content (AvgIpc) is 2.59. The van der Waals surface area contributed by atoms with E-state index in [1.54, 1.807) is 20.3 Å². The van der Waals surface area contributed by atoms with Crippen LogP contribution in [0.4, 0.5) is 16.2 Å². The van der Waals surface area contributed by atoms with Crippen molar-refractivity contribution in [1.29, 1.82) is 0 Å². The van der Waals surface area contributed by atoms with Crippen LogP contribution in [0, 0.1) is 0 Å². The Hall–Kier alpha value is -2.89. The van der Waals surface area contributed by atoms with Gasteiger partial charge in [-0.05, 0) is 29.8 Å². The fourth-order valence-electron chi connectivity index (χ4n) is 2.29. The summed E-state index contributed by atoms with van der Waals surface area (Å²) < 4.78 is 10.5. The van der Waals surface area contributed by atoms with Crippen LogP contribution in [0.1, 0.15) is 5.56 Å². The van der Waals surface area contributed by atoms with Gasteiger partial charge in [-0.15, -0.1) is 0 Å². The number of hydrogen-bond acceptors (Lipinski definition) is 4. The third kappa shape index (κ3) is 4.55. The summed E-state index contributed by atoms with van der Waals surface area (Å²) in [5, 5.41) is 5.70. The highest BCUT2D eigenvalue weighted by molar-refractivity contribution is 5.93. The van der Waals surface area contributed by atoms with Gasteiger partial charge in [0.05, 0.1) is 25.6 Å². The molecule has 0 saturated carbocycles. The third-order valence-corrected chi connectivity index (χ3v) is 3.50. The SMILES string of the molecule is COc1cc(CNC(=O)Nc2ccccc2N(C)C)cc(OC)c1. The van der Waals surface area contributed by atoms with E-state index in [1.807, 2.05) is 55.4 Å². The number of nitrogens with zero attached hydrogens (tertiary/aromatic N) is 1. The predicted molar refractivity (Wildman–Crippen MR) is 96.2 cm³/mol. The van der Waals surface area contributed by atoms with Gasteiger partial charge >= 0.3 is 6.03 Å². The summed E-state index contributed by atoms with van der Waals surface area (Å²) in [4.78, 5) is 14.1. The normalized spacial score (nSPS) is 10.0. The molecule has 2 aromatic rings. The zero-order valence-corrected chi connectivity index (χ0v) is 14.4. The molecule has 0 bridgehead atoms. The molecule has 0 atom stereocenters. The minimum Gasteiger partial charge on any atom is -0.497 e. The first kappa shape index (κ1) is 17.5. The smallest absolute Gasteiger partial charge is 0.319 e. The molecule has 2 amide bonds. The molecule has 2 aromatic carbocycles. The van der Waals surface area contributed by atoms with E-state index in [1.165, 1.54) is 0 Å². The van der Waals surface area contributed by atoms with Gasteiger partial charge < -0.3 is 25.0 Å². The molecule has 6 heteroatoms. The minimum atomic E-state index is -0.272. The number of ether oxygens (including phenoxy) is 2. The molecule has 0 radical (unpaired) electrons. The largest absolute Gasteiger partial charge is 0.497 e. The van der Waals surface area contributed by atoms with E-state index in [-0.39, 0.29) is 6.03 Å². The van der Waals surface area contributed by atoms with Crippen molar-refractivity contribution in [3.8, 4) is 11.5 Å². The maximum absolute atomic E-state index is 12.2. The number of hydrogen-bond donors (Lipinski definition) is 2. The molecule has 0 aliphatic heterocycles. The van der Waals surface area contributed by atoms with E-state index < -0.39 is 0 Å². The first-order chi connectivity index (χ1) is 11.5. The lowest BCUT2D eigenvalue weighted by Gasteiger charge is -2.18. The van der Waals surface area contributed by atoms with Crippen molar-refractivity contribution in [2.45, 2.75) is 6.54 Å². The van der Waals surface area contributed by atoms with Gasteiger partial charge in [0.2, 0.25) is 0 Å². The predicted octanol–water partition coefficient (Wildman–Crippen LogP) is 3.09. The third-order valence-electron chi connectivity index (χ3n) is 3.50. The Balaban J connectivity index is 2.01. The number of nitrogens with one attached hydrogen (secondary N) is 2. The number of anilines is 2.